The molecule has 1 saturated heterocycles. The Labute approximate surface area is 143 Å². The van der Waals surface area contributed by atoms with Crippen LogP contribution in [0.2, 0.25) is 0 Å². The third kappa shape index (κ3) is 5.02. The van der Waals surface area contributed by atoms with Gasteiger partial charge in [0.05, 0.1) is 9.79 Å². The van der Waals surface area contributed by atoms with Crippen LogP contribution in [0.25, 0.3) is 0 Å². The van der Waals surface area contributed by atoms with Crippen molar-refractivity contribution >= 4 is 25.8 Å². The maximum atomic E-state index is 12.2. The van der Waals surface area contributed by atoms with Crippen LogP contribution in [0.3, 0.4) is 0 Å². The summed E-state index contributed by atoms with van der Waals surface area (Å²) in [4.78, 5) is 13.8. The van der Waals surface area contributed by atoms with Gasteiger partial charge < -0.3 is 4.90 Å². The summed E-state index contributed by atoms with van der Waals surface area (Å²) >= 11 is 0. The van der Waals surface area contributed by atoms with Crippen LogP contribution in [0, 0.1) is 0 Å². The Kier molecular flexibility index (Phi) is 6.00. The summed E-state index contributed by atoms with van der Waals surface area (Å²) in [6.45, 7) is 1.49. The number of hydrogen-bond acceptors (Lipinski definition) is 5. The summed E-state index contributed by atoms with van der Waals surface area (Å²) in [6.07, 6.45) is 4.27. The van der Waals surface area contributed by atoms with E-state index in [-0.39, 0.29) is 28.7 Å². The summed E-state index contributed by atoms with van der Waals surface area (Å²) in [5, 5.41) is 0. The fourth-order valence-electron chi connectivity index (χ4n) is 2.54. The summed E-state index contributed by atoms with van der Waals surface area (Å²) in [5.74, 6) is -0.0511. The molecule has 24 heavy (non-hydrogen) atoms. The predicted octanol–water partition coefficient (Wildman–Crippen LogP) is 0.771. The zero-order valence-electron chi connectivity index (χ0n) is 13.6. The average Bonchev–Trinajstić information content (AvgIpc) is 2.55. The highest BCUT2D eigenvalue weighted by Gasteiger charge is 2.19. The van der Waals surface area contributed by atoms with Gasteiger partial charge in [-0.25, -0.2) is 21.6 Å². The van der Waals surface area contributed by atoms with E-state index in [1.165, 1.54) is 24.3 Å². The van der Waals surface area contributed by atoms with Gasteiger partial charge in [0, 0.05) is 32.3 Å². The van der Waals surface area contributed by atoms with Gasteiger partial charge >= 0.3 is 0 Å². The number of sulfone groups is 1. The van der Waals surface area contributed by atoms with Gasteiger partial charge in [0.15, 0.2) is 9.84 Å². The summed E-state index contributed by atoms with van der Waals surface area (Å²) in [6, 6.07) is 4.99. The molecule has 1 fully saturated rings. The molecule has 0 spiro atoms. The molecule has 0 saturated carbocycles. The van der Waals surface area contributed by atoms with Crippen molar-refractivity contribution in [1.29, 1.82) is 0 Å². The molecular formula is C15H22N2O5S2. The summed E-state index contributed by atoms with van der Waals surface area (Å²) < 4.78 is 49.5. The molecule has 0 aliphatic carbocycles. The minimum atomic E-state index is -3.76. The zero-order chi connectivity index (χ0) is 17.8. The van der Waals surface area contributed by atoms with Crippen molar-refractivity contribution in [1.82, 2.24) is 9.62 Å². The Morgan fingerprint density at radius 2 is 1.54 bits per heavy atom. The Hall–Kier alpha value is -1.45. The predicted molar refractivity (Wildman–Crippen MR) is 89.8 cm³/mol. The molecule has 0 radical (unpaired) electrons. The van der Waals surface area contributed by atoms with Crippen LogP contribution in [-0.4, -0.2) is 53.5 Å². The number of carbonyl (C=O) groups is 1. The van der Waals surface area contributed by atoms with Gasteiger partial charge in [-0.3, -0.25) is 4.79 Å². The quantitative estimate of drug-likeness (QED) is 0.793. The molecule has 0 atom stereocenters. The van der Waals surface area contributed by atoms with Crippen LogP contribution < -0.4 is 4.72 Å². The van der Waals surface area contributed by atoms with Gasteiger partial charge in [-0.15, -0.1) is 0 Å². The second-order valence-corrected chi connectivity index (χ2v) is 9.62. The topological polar surface area (TPSA) is 101 Å². The van der Waals surface area contributed by atoms with Gasteiger partial charge in [-0.1, -0.05) is 0 Å². The van der Waals surface area contributed by atoms with Crippen molar-refractivity contribution in [2.45, 2.75) is 35.5 Å². The minimum absolute atomic E-state index is 0.0193. The van der Waals surface area contributed by atoms with Crippen LogP contribution in [-0.2, 0) is 24.7 Å². The van der Waals surface area contributed by atoms with Crippen molar-refractivity contribution in [3.63, 3.8) is 0 Å². The minimum Gasteiger partial charge on any atom is -0.343 e. The lowest BCUT2D eigenvalue weighted by molar-refractivity contribution is -0.131. The van der Waals surface area contributed by atoms with E-state index in [1.807, 2.05) is 0 Å². The molecular weight excluding hydrogens is 352 g/mol. The summed E-state index contributed by atoms with van der Waals surface area (Å²) in [7, 11) is -7.14. The van der Waals surface area contributed by atoms with Crippen LogP contribution in [0.5, 0.6) is 0 Å². The number of nitrogens with zero attached hydrogens (tertiary/aromatic N) is 1. The van der Waals surface area contributed by atoms with Gasteiger partial charge in [0.25, 0.3) is 0 Å². The number of piperidine rings is 1. The van der Waals surface area contributed by atoms with Gasteiger partial charge in [-0.05, 0) is 43.5 Å². The van der Waals surface area contributed by atoms with E-state index < -0.39 is 19.9 Å². The molecule has 0 unspecified atom stereocenters. The molecule has 2 rings (SSSR count). The lowest BCUT2D eigenvalue weighted by Gasteiger charge is -2.26. The van der Waals surface area contributed by atoms with Gasteiger partial charge in [-0.2, -0.15) is 0 Å². The number of sulfonamides is 1. The van der Waals surface area contributed by atoms with Gasteiger partial charge in [0.2, 0.25) is 15.9 Å². The second kappa shape index (κ2) is 7.62. The number of rotatable bonds is 6. The largest absolute Gasteiger partial charge is 0.343 e. The highest BCUT2D eigenvalue weighted by molar-refractivity contribution is 7.90. The second-order valence-electron chi connectivity index (χ2n) is 5.83. The first-order valence-electron chi connectivity index (χ1n) is 7.78. The molecule has 134 valence electrons. The smallest absolute Gasteiger partial charge is 0.240 e. The molecule has 1 aliphatic heterocycles. The van der Waals surface area contributed by atoms with E-state index in [0.717, 1.165) is 38.6 Å². The lowest BCUT2D eigenvalue weighted by atomic mass is 10.1. The van der Waals surface area contributed by atoms with Crippen LogP contribution in [0.15, 0.2) is 34.1 Å². The van der Waals surface area contributed by atoms with Crippen molar-refractivity contribution < 1.29 is 21.6 Å². The van der Waals surface area contributed by atoms with E-state index in [0.29, 0.717) is 0 Å². The van der Waals surface area contributed by atoms with E-state index in [2.05, 4.69) is 4.72 Å². The lowest BCUT2D eigenvalue weighted by Crippen LogP contribution is -2.37. The fourth-order valence-corrected chi connectivity index (χ4v) is 4.21. The molecule has 0 aromatic heterocycles. The highest BCUT2D eigenvalue weighted by atomic mass is 32.2. The molecule has 7 nitrogen and oxygen atoms in total. The first kappa shape index (κ1) is 18.9. The zero-order valence-corrected chi connectivity index (χ0v) is 15.2. The highest BCUT2D eigenvalue weighted by Crippen LogP contribution is 2.14. The molecule has 9 heteroatoms. The van der Waals surface area contributed by atoms with E-state index in [9.17, 15) is 21.6 Å². The molecule has 1 aromatic rings. The Morgan fingerprint density at radius 3 is 2.08 bits per heavy atom. The molecule has 1 heterocycles. The van der Waals surface area contributed by atoms with E-state index in [4.69, 9.17) is 0 Å². The third-order valence-corrected chi connectivity index (χ3v) is 6.51. The number of likely N-dealkylation sites (tertiary alicyclic amines) is 1. The number of hydrogen-bond donors (Lipinski definition) is 1. The first-order valence-corrected chi connectivity index (χ1v) is 11.2. The van der Waals surface area contributed by atoms with Crippen molar-refractivity contribution in [3.8, 4) is 0 Å². The van der Waals surface area contributed by atoms with Crippen molar-refractivity contribution in [2.75, 3.05) is 25.9 Å². The maximum absolute atomic E-state index is 12.2. The van der Waals surface area contributed by atoms with E-state index >= 15 is 0 Å². The van der Waals surface area contributed by atoms with Crippen molar-refractivity contribution in [3.05, 3.63) is 24.3 Å². The number of nitrogens with one attached hydrogen (secondary N) is 1. The maximum Gasteiger partial charge on any atom is 0.240 e. The average molecular weight is 374 g/mol. The molecule has 0 bridgehead atoms. The van der Waals surface area contributed by atoms with Gasteiger partial charge in [0.1, 0.15) is 0 Å². The Morgan fingerprint density at radius 1 is 1.00 bits per heavy atom. The monoisotopic (exact) mass is 374 g/mol. The van der Waals surface area contributed by atoms with E-state index in [1.54, 1.807) is 4.90 Å². The van der Waals surface area contributed by atoms with Crippen molar-refractivity contribution in [2.24, 2.45) is 0 Å². The molecule has 1 N–H and O–H groups in total. The Balaban J connectivity index is 1.92. The molecule has 1 amide bonds. The summed E-state index contributed by atoms with van der Waals surface area (Å²) in [5.41, 5.74) is 0. The number of carbonyl (C=O) groups excluding carboxylic acids is 1. The van der Waals surface area contributed by atoms with Crippen LogP contribution in [0.1, 0.15) is 25.7 Å². The molecule has 1 aromatic carbocycles. The SMILES string of the molecule is CS(=O)(=O)c1ccc(S(=O)(=O)NCCC(=O)N2CCCCC2)cc1. The molecule has 1 aliphatic rings. The third-order valence-electron chi connectivity index (χ3n) is 3.90. The number of benzene rings is 1. The van der Waals surface area contributed by atoms with Crippen LogP contribution >= 0.6 is 0 Å². The fraction of sp³-hybridized carbons (Fsp3) is 0.533. The first-order chi connectivity index (χ1) is 11.2. The number of amides is 1. The normalized spacial score (nSPS) is 16.1. The Bertz CT molecular complexity index is 780. The van der Waals surface area contributed by atoms with Crippen LogP contribution in [0.4, 0.5) is 0 Å². The standard InChI is InChI=1S/C15H22N2O5S2/c1-23(19,20)13-5-7-14(8-6-13)24(21,22)16-10-9-15(18)17-11-3-2-4-12-17/h5-8,16H,2-4,9-12H2,1H3.